The summed E-state index contributed by atoms with van der Waals surface area (Å²) in [6, 6.07) is 12.1. The molecule has 39 heavy (non-hydrogen) atoms. The minimum Gasteiger partial charge on any atom is -0.490 e. The molecule has 7 nitrogen and oxygen atoms in total. The van der Waals surface area contributed by atoms with Gasteiger partial charge in [-0.25, -0.2) is 28.7 Å². The van der Waals surface area contributed by atoms with Gasteiger partial charge in [0.2, 0.25) is 5.95 Å². The molecular weight excluding hydrogens is 505 g/mol. The molecule has 5 aromatic rings. The van der Waals surface area contributed by atoms with Crippen molar-refractivity contribution < 1.29 is 17.9 Å². The molecule has 198 valence electrons. The molecule has 1 aliphatic heterocycles. The van der Waals surface area contributed by atoms with Crippen LogP contribution in [0.3, 0.4) is 0 Å². The maximum Gasteiger partial charge on any atom is 0.212 e. The number of hydrogen-bond acceptors (Lipinski definition) is 6. The van der Waals surface area contributed by atoms with Gasteiger partial charge in [0.25, 0.3) is 0 Å². The van der Waals surface area contributed by atoms with Crippen LogP contribution in [0.1, 0.15) is 36.3 Å². The van der Waals surface area contributed by atoms with Gasteiger partial charge >= 0.3 is 0 Å². The highest BCUT2D eigenvalue weighted by molar-refractivity contribution is 5.77. The van der Waals surface area contributed by atoms with Crippen molar-refractivity contribution in [1.29, 1.82) is 0 Å². The van der Waals surface area contributed by atoms with E-state index in [9.17, 15) is 13.2 Å². The van der Waals surface area contributed by atoms with E-state index in [1.807, 2.05) is 24.5 Å². The SMILES string of the molecule is CC=Nc1ccc(F)cc1C.Cc1ncc2nc(-c3ccc(F)nc3)n([C@@H]3CCOc4c(F)cccc43)c2n1. The van der Waals surface area contributed by atoms with Gasteiger partial charge in [0, 0.05) is 30.0 Å². The summed E-state index contributed by atoms with van der Waals surface area (Å²) in [7, 11) is 0. The lowest BCUT2D eigenvalue weighted by atomic mass is 9.99. The number of pyridine rings is 1. The molecule has 2 aromatic carbocycles. The Hall–Kier alpha value is -4.60. The first kappa shape index (κ1) is 26.0. The maximum atomic E-state index is 14.3. The number of aromatic nitrogens is 5. The molecule has 0 aliphatic carbocycles. The van der Waals surface area contributed by atoms with Crippen molar-refractivity contribution in [2.45, 2.75) is 33.2 Å². The molecule has 4 heterocycles. The second-order valence-electron chi connectivity index (χ2n) is 8.93. The molecule has 3 aromatic heterocycles. The third-order valence-electron chi connectivity index (χ3n) is 6.27. The van der Waals surface area contributed by atoms with E-state index in [4.69, 9.17) is 4.74 Å². The number of benzene rings is 2. The van der Waals surface area contributed by atoms with Crippen LogP contribution in [0.25, 0.3) is 22.6 Å². The first-order chi connectivity index (χ1) is 18.9. The summed E-state index contributed by atoms with van der Waals surface area (Å²) >= 11 is 0. The summed E-state index contributed by atoms with van der Waals surface area (Å²) in [5.41, 5.74) is 4.29. The Morgan fingerprint density at radius 2 is 1.85 bits per heavy atom. The van der Waals surface area contributed by atoms with Crippen molar-refractivity contribution in [3.8, 4) is 17.1 Å². The van der Waals surface area contributed by atoms with Crippen LogP contribution < -0.4 is 4.74 Å². The molecule has 0 N–H and O–H groups in total. The molecular formula is C29H25F3N6O. The number of hydrogen-bond donors (Lipinski definition) is 0. The molecule has 0 amide bonds. The quantitative estimate of drug-likeness (QED) is 0.192. The first-order valence-electron chi connectivity index (χ1n) is 12.3. The van der Waals surface area contributed by atoms with Crippen LogP contribution in [0, 0.1) is 31.4 Å². The van der Waals surface area contributed by atoms with Crippen LogP contribution in [-0.2, 0) is 0 Å². The van der Waals surface area contributed by atoms with E-state index in [0.29, 0.717) is 41.4 Å². The third-order valence-corrected chi connectivity index (χ3v) is 6.27. The Labute approximate surface area is 223 Å². The van der Waals surface area contributed by atoms with E-state index in [1.165, 1.54) is 30.5 Å². The Morgan fingerprint density at radius 1 is 1.00 bits per heavy atom. The molecule has 1 aliphatic rings. The average Bonchev–Trinajstić information content (AvgIpc) is 3.29. The van der Waals surface area contributed by atoms with Crippen molar-refractivity contribution in [1.82, 2.24) is 24.5 Å². The number of para-hydroxylation sites is 1. The molecule has 1 atom stereocenters. The van der Waals surface area contributed by atoms with Gasteiger partial charge in [-0.05, 0) is 62.7 Å². The van der Waals surface area contributed by atoms with Crippen molar-refractivity contribution in [2.24, 2.45) is 4.99 Å². The number of fused-ring (bicyclic) bond motifs is 2. The van der Waals surface area contributed by atoms with Gasteiger partial charge in [0.1, 0.15) is 23.0 Å². The molecule has 6 rings (SSSR count). The Kier molecular flexibility index (Phi) is 7.36. The molecule has 0 saturated carbocycles. The second kappa shape index (κ2) is 11.0. The number of aliphatic imine (C=N–C) groups is 1. The van der Waals surface area contributed by atoms with Crippen molar-refractivity contribution in [3.63, 3.8) is 0 Å². The van der Waals surface area contributed by atoms with Crippen LogP contribution in [0.5, 0.6) is 5.75 Å². The fourth-order valence-corrected chi connectivity index (χ4v) is 4.52. The highest BCUT2D eigenvalue weighted by Crippen LogP contribution is 2.40. The zero-order chi connectivity index (χ0) is 27.5. The van der Waals surface area contributed by atoms with E-state index in [1.54, 1.807) is 37.5 Å². The van der Waals surface area contributed by atoms with Gasteiger partial charge in [-0.15, -0.1) is 0 Å². The van der Waals surface area contributed by atoms with Crippen LogP contribution in [0.15, 0.2) is 65.9 Å². The minimum absolute atomic E-state index is 0.211. The van der Waals surface area contributed by atoms with E-state index < -0.39 is 11.8 Å². The molecule has 0 fully saturated rings. The summed E-state index contributed by atoms with van der Waals surface area (Å²) < 4.78 is 47.7. The zero-order valence-corrected chi connectivity index (χ0v) is 21.6. The molecule has 0 spiro atoms. The zero-order valence-electron chi connectivity index (χ0n) is 21.6. The van der Waals surface area contributed by atoms with Gasteiger partial charge in [-0.1, -0.05) is 12.1 Å². The molecule has 0 radical (unpaired) electrons. The predicted molar refractivity (Wildman–Crippen MR) is 143 cm³/mol. The van der Waals surface area contributed by atoms with Crippen molar-refractivity contribution in [3.05, 3.63) is 95.5 Å². The number of nitrogens with zero attached hydrogens (tertiary/aromatic N) is 6. The molecule has 0 unspecified atom stereocenters. The predicted octanol–water partition coefficient (Wildman–Crippen LogP) is 6.70. The van der Waals surface area contributed by atoms with Gasteiger partial charge in [-0.2, -0.15) is 4.39 Å². The maximum absolute atomic E-state index is 14.3. The smallest absolute Gasteiger partial charge is 0.212 e. The fourth-order valence-electron chi connectivity index (χ4n) is 4.52. The van der Waals surface area contributed by atoms with E-state index in [2.05, 4.69) is 24.9 Å². The van der Waals surface area contributed by atoms with Gasteiger partial charge in [0.05, 0.1) is 24.5 Å². The average molecular weight is 531 g/mol. The number of aryl methyl sites for hydroxylation is 2. The topological polar surface area (TPSA) is 78.1 Å². The monoisotopic (exact) mass is 530 g/mol. The van der Waals surface area contributed by atoms with Gasteiger partial charge < -0.3 is 9.30 Å². The van der Waals surface area contributed by atoms with Crippen LogP contribution in [0.4, 0.5) is 18.9 Å². The Balaban J connectivity index is 0.000000237. The van der Waals surface area contributed by atoms with Gasteiger partial charge in [0.15, 0.2) is 17.2 Å². The standard InChI is InChI=1S/C20H15F2N5O.C9H10FN/c1-11-23-10-15-20(25-11)27(19(26-15)12-5-6-17(22)24-9-12)16-7-8-28-18-13(16)3-2-4-14(18)21;1-3-11-9-5-4-8(10)6-7(9)2/h2-6,9-10,16H,7-8H2,1H3;3-6H,1-2H3/t16-;/m1./s1. The van der Waals surface area contributed by atoms with Crippen LogP contribution in [0.2, 0.25) is 0 Å². The highest BCUT2D eigenvalue weighted by Gasteiger charge is 2.30. The second-order valence-corrected chi connectivity index (χ2v) is 8.93. The number of rotatable bonds is 3. The van der Waals surface area contributed by atoms with E-state index in [-0.39, 0.29) is 17.6 Å². The summed E-state index contributed by atoms with van der Waals surface area (Å²) in [6.07, 6.45) is 5.40. The molecule has 0 bridgehead atoms. The van der Waals surface area contributed by atoms with Crippen molar-refractivity contribution in [2.75, 3.05) is 6.61 Å². The summed E-state index contributed by atoms with van der Waals surface area (Å²) in [5.74, 6) is 0.239. The third kappa shape index (κ3) is 5.36. The van der Waals surface area contributed by atoms with Crippen LogP contribution in [-0.4, -0.2) is 37.3 Å². The number of ether oxygens (including phenoxy) is 1. The lowest BCUT2D eigenvalue weighted by Gasteiger charge is -2.28. The lowest BCUT2D eigenvalue weighted by Crippen LogP contribution is -2.22. The number of imidazole rings is 1. The molecule has 0 saturated heterocycles. The summed E-state index contributed by atoms with van der Waals surface area (Å²) in [4.78, 5) is 21.3. The Bertz CT molecular complexity index is 1670. The normalized spacial score (nSPS) is 14.6. The van der Waals surface area contributed by atoms with Crippen molar-refractivity contribution >= 4 is 23.1 Å². The Morgan fingerprint density at radius 3 is 2.59 bits per heavy atom. The lowest BCUT2D eigenvalue weighted by molar-refractivity contribution is 0.246. The van der Waals surface area contributed by atoms with E-state index >= 15 is 0 Å². The molecule has 10 heteroatoms. The first-order valence-corrected chi connectivity index (χ1v) is 12.3. The largest absolute Gasteiger partial charge is 0.490 e. The van der Waals surface area contributed by atoms with Gasteiger partial charge in [-0.3, -0.25) is 4.99 Å². The number of halogens is 3. The fraction of sp³-hybridized carbons (Fsp3) is 0.207. The highest BCUT2D eigenvalue weighted by atomic mass is 19.1. The minimum atomic E-state index is -0.569. The summed E-state index contributed by atoms with van der Waals surface area (Å²) in [5, 5.41) is 0. The van der Waals surface area contributed by atoms with Crippen LogP contribution >= 0.6 is 0 Å². The summed E-state index contributed by atoms with van der Waals surface area (Å²) in [6.45, 7) is 5.84. The van der Waals surface area contributed by atoms with E-state index in [0.717, 1.165) is 16.8 Å².